The fourth-order valence-corrected chi connectivity index (χ4v) is 2.85. The van der Waals surface area contributed by atoms with Crippen molar-refractivity contribution in [1.82, 2.24) is 10.2 Å². The fourth-order valence-electron chi connectivity index (χ4n) is 2.13. The molecule has 0 aliphatic rings. The topological polar surface area (TPSA) is 69.6 Å². The second kappa shape index (κ2) is 9.52. The third-order valence-electron chi connectivity index (χ3n) is 3.28. The van der Waals surface area contributed by atoms with E-state index in [1.54, 1.807) is 13.1 Å². The van der Waals surface area contributed by atoms with Crippen molar-refractivity contribution in [3.8, 4) is 0 Å². The van der Waals surface area contributed by atoms with Gasteiger partial charge in [-0.3, -0.25) is 9.59 Å². The first-order chi connectivity index (χ1) is 10.1. The van der Waals surface area contributed by atoms with Crippen molar-refractivity contribution in [2.45, 2.75) is 26.2 Å². The Hall–Kier alpha value is -1.40. The lowest BCUT2D eigenvalue weighted by Crippen LogP contribution is -2.40. The molecule has 0 saturated carbocycles. The van der Waals surface area contributed by atoms with Crippen LogP contribution in [-0.2, 0) is 4.79 Å². The van der Waals surface area contributed by atoms with E-state index in [2.05, 4.69) is 12.2 Å². The molecule has 0 aromatic carbocycles. The summed E-state index contributed by atoms with van der Waals surface area (Å²) in [5.74, 6) is -0.00989. The van der Waals surface area contributed by atoms with Crippen LogP contribution < -0.4 is 5.32 Å². The zero-order chi connectivity index (χ0) is 15.7. The first kappa shape index (κ1) is 17.7. The number of aliphatic hydroxyl groups excluding tert-OH is 1. The quantitative estimate of drug-likeness (QED) is 0.729. The third-order valence-corrected chi connectivity index (χ3v) is 4.14. The van der Waals surface area contributed by atoms with Crippen LogP contribution in [0.25, 0.3) is 0 Å². The monoisotopic (exact) mass is 312 g/mol. The van der Waals surface area contributed by atoms with E-state index in [0.29, 0.717) is 23.8 Å². The third kappa shape index (κ3) is 6.27. The molecule has 2 amide bonds. The summed E-state index contributed by atoms with van der Waals surface area (Å²) in [5.41, 5.74) is 0. The van der Waals surface area contributed by atoms with Gasteiger partial charge in [0, 0.05) is 20.2 Å². The van der Waals surface area contributed by atoms with Crippen LogP contribution in [-0.4, -0.2) is 48.6 Å². The summed E-state index contributed by atoms with van der Waals surface area (Å²) in [7, 11) is 1.62. The van der Waals surface area contributed by atoms with Gasteiger partial charge < -0.3 is 15.3 Å². The summed E-state index contributed by atoms with van der Waals surface area (Å²) >= 11 is 1.37. The molecule has 1 heterocycles. The molecule has 118 valence electrons. The molecular weight excluding hydrogens is 288 g/mol. The number of thiophene rings is 1. The number of carbonyl (C=O) groups excluding carboxylic acids is 2. The molecule has 0 fully saturated rings. The molecule has 0 radical (unpaired) electrons. The molecule has 1 unspecified atom stereocenters. The van der Waals surface area contributed by atoms with Crippen molar-refractivity contribution in [2.24, 2.45) is 5.92 Å². The number of nitrogens with one attached hydrogen (secondary N) is 1. The van der Waals surface area contributed by atoms with E-state index in [1.807, 2.05) is 11.4 Å². The Bertz CT molecular complexity index is 428. The first-order valence-corrected chi connectivity index (χ1v) is 8.13. The average molecular weight is 312 g/mol. The van der Waals surface area contributed by atoms with Crippen LogP contribution in [0.15, 0.2) is 17.5 Å². The van der Waals surface area contributed by atoms with E-state index in [4.69, 9.17) is 5.11 Å². The van der Waals surface area contributed by atoms with Crippen LogP contribution in [0.3, 0.4) is 0 Å². The number of aliphatic hydroxyl groups is 1. The standard InChI is InChI=1S/C15H24N2O3S/c1-3-5-12(7-8-18)10-16-14(19)11-17(2)15(20)13-6-4-9-21-13/h4,6,9,12,18H,3,5,7-8,10-11H2,1-2H3,(H,16,19). The Balaban J connectivity index is 2.37. The van der Waals surface area contributed by atoms with Gasteiger partial charge in [0.05, 0.1) is 11.4 Å². The van der Waals surface area contributed by atoms with Crippen LogP contribution in [0.1, 0.15) is 35.9 Å². The Labute approximate surface area is 130 Å². The van der Waals surface area contributed by atoms with Crippen molar-refractivity contribution in [3.63, 3.8) is 0 Å². The summed E-state index contributed by atoms with van der Waals surface area (Å²) in [6.45, 7) is 2.82. The maximum absolute atomic E-state index is 12.0. The van der Waals surface area contributed by atoms with Gasteiger partial charge in [-0.15, -0.1) is 11.3 Å². The molecule has 0 aliphatic carbocycles. The van der Waals surface area contributed by atoms with Crippen LogP contribution in [0.2, 0.25) is 0 Å². The lowest BCUT2D eigenvalue weighted by Gasteiger charge is -2.19. The fraction of sp³-hybridized carbons (Fsp3) is 0.600. The predicted octanol–water partition coefficient (Wildman–Crippen LogP) is 1.73. The van der Waals surface area contributed by atoms with Gasteiger partial charge in [0.25, 0.3) is 5.91 Å². The summed E-state index contributed by atoms with van der Waals surface area (Å²) in [6.07, 6.45) is 2.69. The highest BCUT2D eigenvalue weighted by atomic mass is 32.1. The van der Waals surface area contributed by atoms with Crippen LogP contribution in [0.5, 0.6) is 0 Å². The van der Waals surface area contributed by atoms with E-state index in [-0.39, 0.29) is 25.0 Å². The SMILES string of the molecule is CCCC(CCO)CNC(=O)CN(C)C(=O)c1cccs1. The number of rotatable bonds is 9. The molecule has 6 heteroatoms. The van der Waals surface area contributed by atoms with Crippen molar-refractivity contribution in [3.05, 3.63) is 22.4 Å². The van der Waals surface area contributed by atoms with Gasteiger partial charge in [0.1, 0.15) is 0 Å². The van der Waals surface area contributed by atoms with Gasteiger partial charge in [0.2, 0.25) is 5.91 Å². The highest BCUT2D eigenvalue weighted by Gasteiger charge is 2.16. The van der Waals surface area contributed by atoms with Gasteiger partial charge in [-0.2, -0.15) is 0 Å². The van der Waals surface area contributed by atoms with E-state index in [1.165, 1.54) is 16.2 Å². The maximum atomic E-state index is 12.0. The van der Waals surface area contributed by atoms with Crippen LogP contribution in [0.4, 0.5) is 0 Å². The van der Waals surface area contributed by atoms with Crippen molar-refractivity contribution < 1.29 is 14.7 Å². The lowest BCUT2D eigenvalue weighted by molar-refractivity contribution is -0.121. The molecule has 1 atom stereocenters. The second-order valence-electron chi connectivity index (χ2n) is 5.11. The van der Waals surface area contributed by atoms with Crippen LogP contribution in [0, 0.1) is 5.92 Å². The Morgan fingerprint density at radius 2 is 2.19 bits per heavy atom. The molecule has 1 rings (SSSR count). The van der Waals surface area contributed by atoms with Crippen molar-refractivity contribution >= 4 is 23.2 Å². The normalized spacial score (nSPS) is 12.0. The van der Waals surface area contributed by atoms with Crippen molar-refractivity contribution in [1.29, 1.82) is 0 Å². The minimum Gasteiger partial charge on any atom is -0.396 e. The van der Waals surface area contributed by atoms with Gasteiger partial charge >= 0.3 is 0 Å². The Kier molecular flexibility index (Phi) is 8.00. The summed E-state index contributed by atoms with van der Waals surface area (Å²) in [6, 6.07) is 3.57. The van der Waals surface area contributed by atoms with Crippen LogP contribution >= 0.6 is 11.3 Å². The number of hydrogen-bond acceptors (Lipinski definition) is 4. The maximum Gasteiger partial charge on any atom is 0.264 e. The lowest BCUT2D eigenvalue weighted by atomic mass is 10.0. The minimum absolute atomic E-state index is 0.0503. The second-order valence-corrected chi connectivity index (χ2v) is 6.06. The zero-order valence-corrected chi connectivity index (χ0v) is 13.5. The number of carbonyl (C=O) groups is 2. The summed E-state index contributed by atoms with van der Waals surface area (Å²) in [5, 5.41) is 13.7. The Morgan fingerprint density at radius 1 is 1.43 bits per heavy atom. The van der Waals surface area contributed by atoms with E-state index in [0.717, 1.165) is 12.8 Å². The first-order valence-electron chi connectivity index (χ1n) is 7.25. The number of likely N-dealkylation sites (N-methyl/N-ethyl adjacent to an activating group) is 1. The molecule has 0 saturated heterocycles. The number of amides is 2. The summed E-state index contributed by atoms with van der Waals surface area (Å²) < 4.78 is 0. The highest BCUT2D eigenvalue weighted by molar-refractivity contribution is 7.12. The van der Waals surface area contributed by atoms with Gasteiger partial charge in [0.15, 0.2) is 0 Å². The average Bonchev–Trinajstić information content (AvgIpc) is 2.98. The molecule has 0 bridgehead atoms. The van der Waals surface area contributed by atoms with E-state index in [9.17, 15) is 9.59 Å². The predicted molar refractivity (Wildman–Crippen MR) is 84.4 cm³/mol. The van der Waals surface area contributed by atoms with Crippen molar-refractivity contribution in [2.75, 3.05) is 26.7 Å². The minimum atomic E-state index is -0.165. The molecule has 2 N–H and O–H groups in total. The number of hydrogen-bond donors (Lipinski definition) is 2. The zero-order valence-electron chi connectivity index (χ0n) is 12.7. The molecule has 5 nitrogen and oxygen atoms in total. The Morgan fingerprint density at radius 3 is 2.76 bits per heavy atom. The largest absolute Gasteiger partial charge is 0.396 e. The molecule has 21 heavy (non-hydrogen) atoms. The van der Waals surface area contributed by atoms with E-state index < -0.39 is 0 Å². The van der Waals surface area contributed by atoms with Gasteiger partial charge in [-0.05, 0) is 30.2 Å². The van der Waals surface area contributed by atoms with Gasteiger partial charge in [-0.25, -0.2) is 0 Å². The van der Waals surface area contributed by atoms with E-state index >= 15 is 0 Å². The molecule has 0 aliphatic heterocycles. The van der Waals surface area contributed by atoms with Gasteiger partial charge in [-0.1, -0.05) is 19.4 Å². The smallest absolute Gasteiger partial charge is 0.264 e. The molecule has 1 aromatic heterocycles. The molecule has 0 spiro atoms. The highest BCUT2D eigenvalue weighted by Crippen LogP contribution is 2.11. The molecule has 1 aromatic rings. The number of nitrogens with zero attached hydrogens (tertiary/aromatic N) is 1. The summed E-state index contributed by atoms with van der Waals surface area (Å²) in [4.78, 5) is 25.9. The molecular formula is C15H24N2O3S.